The number of benzene rings is 1. The van der Waals surface area contributed by atoms with Crippen LogP contribution in [0.15, 0.2) is 17.5 Å². The van der Waals surface area contributed by atoms with Gasteiger partial charge < -0.3 is 0 Å². The second-order valence-corrected chi connectivity index (χ2v) is 5.05. The van der Waals surface area contributed by atoms with Gasteiger partial charge in [-0.3, -0.25) is 0 Å². The van der Waals surface area contributed by atoms with Crippen LogP contribution in [0.2, 0.25) is 0 Å². The summed E-state index contributed by atoms with van der Waals surface area (Å²) in [5, 5.41) is 3.25. The maximum Gasteiger partial charge on any atom is 0.0901 e. The van der Waals surface area contributed by atoms with Crippen molar-refractivity contribution in [1.82, 2.24) is 4.98 Å². The Balaban J connectivity index is 2.55. The molecule has 2 heteroatoms. The normalized spacial score (nSPS) is 10.7. The Kier molecular flexibility index (Phi) is 2.61. The number of hydrogen-bond acceptors (Lipinski definition) is 2. The molecule has 78 valence electrons. The Labute approximate surface area is 94.8 Å². The van der Waals surface area contributed by atoms with E-state index in [1.165, 1.54) is 22.3 Å². The summed E-state index contributed by atoms with van der Waals surface area (Å²) < 4.78 is 0. The van der Waals surface area contributed by atoms with Crippen molar-refractivity contribution >= 4 is 11.3 Å². The van der Waals surface area contributed by atoms with E-state index in [1.54, 1.807) is 11.3 Å². The summed E-state index contributed by atoms with van der Waals surface area (Å²) in [5.41, 5.74) is 6.40. The first-order valence-electron chi connectivity index (χ1n) is 5.08. The van der Waals surface area contributed by atoms with Crippen LogP contribution >= 0.6 is 11.3 Å². The molecule has 1 aromatic carbocycles. The molecule has 0 saturated carbocycles. The van der Waals surface area contributed by atoms with E-state index in [0.29, 0.717) is 0 Å². The molecule has 2 aromatic rings. The van der Waals surface area contributed by atoms with Gasteiger partial charge in [-0.05, 0) is 56.5 Å². The molecule has 2 rings (SSSR count). The Morgan fingerprint density at radius 3 is 2.07 bits per heavy atom. The highest BCUT2D eigenvalue weighted by Crippen LogP contribution is 2.25. The van der Waals surface area contributed by atoms with Gasteiger partial charge in [0.2, 0.25) is 0 Å². The van der Waals surface area contributed by atoms with Crippen LogP contribution in [0.3, 0.4) is 0 Å². The number of aryl methyl sites for hydroxylation is 3. The third kappa shape index (κ3) is 1.95. The average Bonchev–Trinajstić information content (AvgIpc) is 2.60. The molecule has 1 heterocycles. The largest absolute Gasteiger partial charge is 0.242 e. The van der Waals surface area contributed by atoms with Crippen molar-refractivity contribution in [1.29, 1.82) is 0 Å². The van der Waals surface area contributed by atoms with Gasteiger partial charge in [0.15, 0.2) is 0 Å². The molecule has 0 radical (unpaired) electrons. The zero-order chi connectivity index (χ0) is 11.0. The highest BCUT2D eigenvalue weighted by molar-refractivity contribution is 7.09. The highest BCUT2D eigenvalue weighted by atomic mass is 32.1. The Hall–Kier alpha value is -1.15. The van der Waals surface area contributed by atoms with Crippen molar-refractivity contribution in [2.75, 3.05) is 0 Å². The summed E-state index contributed by atoms with van der Waals surface area (Å²) in [5.74, 6) is 0. The fraction of sp³-hybridized carbons (Fsp3) is 0.308. The third-order valence-electron chi connectivity index (χ3n) is 2.84. The lowest BCUT2D eigenvalue weighted by atomic mass is 9.99. The summed E-state index contributed by atoms with van der Waals surface area (Å²) in [6, 6.07) is 4.44. The van der Waals surface area contributed by atoms with Gasteiger partial charge in [-0.15, -0.1) is 11.3 Å². The molecule has 1 aromatic heterocycles. The number of nitrogens with zero attached hydrogens (tertiary/aromatic N) is 1. The van der Waals surface area contributed by atoms with Gasteiger partial charge in [0.1, 0.15) is 0 Å². The van der Waals surface area contributed by atoms with E-state index < -0.39 is 0 Å². The van der Waals surface area contributed by atoms with Crippen LogP contribution in [0.25, 0.3) is 11.3 Å². The molecule has 0 N–H and O–H groups in total. The molecule has 0 atom stereocenters. The molecule has 0 unspecified atom stereocenters. The topological polar surface area (TPSA) is 12.9 Å². The van der Waals surface area contributed by atoms with Gasteiger partial charge >= 0.3 is 0 Å². The van der Waals surface area contributed by atoms with Crippen LogP contribution in [-0.4, -0.2) is 4.98 Å². The SMILES string of the molecule is Cc1nc(-c2cc(C)c(C)c(C)c2)cs1. The minimum Gasteiger partial charge on any atom is -0.242 e. The standard InChI is InChI=1S/C13H15NS/c1-8-5-12(6-9(2)10(8)3)13-7-15-11(4)14-13/h5-7H,1-4H3. The van der Waals surface area contributed by atoms with E-state index in [9.17, 15) is 0 Å². The fourth-order valence-corrected chi connectivity index (χ4v) is 2.30. The summed E-state index contributed by atoms with van der Waals surface area (Å²) in [7, 11) is 0. The molecule has 0 bridgehead atoms. The van der Waals surface area contributed by atoms with E-state index in [0.717, 1.165) is 10.7 Å². The average molecular weight is 217 g/mol. The number of aromatic nitrogens is 1. The zero-order valence-corrected chi connectivity index (χ0v) is 10.4. The van der Waals surface area contributed by atoms with Crippen LogP contribution in [0.4, 0.5) is 0 Å². The second kappa shape index (κ2) is 3.78. The van der Waals surface area contributed by atoms with Crippen LogP contribution < -0.4 is 0 Å². The first-order chi connectivity index (χ1) is 7.08. The maximum atomic E-state index is 4.51. The van der Waals surface area contributed by atoms with E-state index in [4.69, 9.17) is 0 Å². The van der Waals surface area contributed by atoms with Gasteiger partial charge in [-0.2, -0.15) is 0 Å². The molecule has 0 aliphatic carbocycles. The van der Waals surface area contributed by atoms with E-state index in [2.05, 4.69) is 43.3 Å². The second-order valence-electron chi connectivity index (χ2n) is 3.99. The molecule has 0 spiro atoms. The number of hydrogen-bond donors (Lipinski definition) is 0. The molecule has 1 nitrogen and oxygen atoms in total. The minimum absolute atomic E-state index is 1.10. The molecular weight excluding hydrogens is 202 g/mol. The van der Waals surface area contributed by atoms with Crippen molar-refractivity contribution in [3.8, 4) is 11.3 Å². The van der Waals surface area contributed by atoms with Gasteiger partial charge in [0.05, 0.1) is 10.7 Å². The molecule has 0 aliphatic rings. The highest BCUT2D eigenvalue weighted by Gasteiger charge is 2.05. The molecule has 0 saturated heterocycles. The van der Waals surface area contributed by atoms with E-state index in [1.807, 2.05) is 6.92 Å². The quantitative estimate of drug-likeness (QED) is 0.702. The first kappa shape index (κ1) is 10.4. The lowest BCUT2D eigenvalue weighted by Crippen LogP contribution is -1.88. The molecule has 0 aliphatic heterocycles. The smallest absolute Gasteiger partial charge is 0.0901 e. The van der Waals surface area contributed by atoms with Gasteiger partial charge in [0, 0.05) is 10.9 Å². The van der Waals surface area contributed by atoms with Crippen molar-refractivity contribution in [2.24, 2.45) is 0 Å². The monoisotopic (exact) mass is 217 g/mol. The van der Waals surface area contributed by atoms with Crippen LogP contribution in [0.5, 0.6) is 0 Å². The van der Waals surface area contributed by atoms with Gasteiger partial charge in [-0.25, -0.2) is 4.98 Å². The fourth-order valence-electron chi connectivity index (χ4n) is 1.68. The van der Waals surface area contributed by atoms with Crippen LogP contribution in [-0.2, 0) is 0 Å². The Bertz CT molecular complexity index is 474. The van der Waals surface area contributed by atoms with Crippen molar-refractivity contribution in [3.05, 3.63) is 39.2 Å². The summed E-state index contributed by atoms with van der Waals surface area (Å²) in [6.45, 7) is 8.53. The predicted octanol–water partition coefficient (Wildman–Crippen LogP) is 4.04. The van der Waals surface area contributed by atoms with Crippen LogP contribution in [0, 0.1) is 27.7 Å². The number of thiazole rings is 1. The molecule has 15 heavy (non-hydrogen) atoms. The van der Waals surface area contributed by atoms with E-state index >= 15 is 0 Å². The van der Waals surface area contributed by atoms with Gasteiger partial charge in [-0.1, -0.05) is 0 Å². The zero-order valence-electron chi connectivity index (χ0n) is 9.59. The first-order valence-corrected chi connectivity index (χ1v) is 5.96. The Morgan fingerprint density at radius 1 is 1.00 bits per heavy atom. The van der Waals surface area contributed by atoms with Crippen LogP contribution in [0.1, 0.15) is 21.7 Å². The lowest BCUT2D eigenvalue weighted by molar-refractivity contribution is 1.25. The summed E-state index contributed by atoms with van der Waals surface area (Å²) in [6.07, 6.45) is 0. The summed E-state index contributed by atoms with van der Waals surface area (Å²) in [4.78, 5) is 4.51. The van der Waals surface area contributed by atoms with Crippen molar-refractivity contribution in [3.63, 3.8) is 0 Å². The summed E-state index contributed by atoms with van der Waals surface area (Å²) >= 11 is 1.70. The van der Waals surface area contributed by atoms with Crippen molar-refractivity contribution in [2.45, 2.75) is 27.7 Å². The number of rotatable bonds is 1. The van der Waals surface area contributed by atoms with Gasteiger partial charge in [0.25, 0.3) is 0 Å². The third-order valence-corrected chi connectivity index (χ3v) is 3.62. The lowest BCUT2D eigenvalue weighted by Gasteiger charge is -2.07. The Morgan fingerprint density at radius 2 is 1.60 bits per heavy atom. The van der Waals surface area contributed by atoms with Crippen molar-refractivity contribution < 1.29 is 0 Å². The minimum atomic E-state index is 1.10. The van der Waals surface area contributed by atoms with E-state index in [-0.39, 0.29) is 0 Å². The molecule has 0 fully saturated rings. The maximum absolute atomic E-state index is 4.51. The molecular formula is C13H15NS. The molecule has 0 amide bonds. The predicted molar refractivity (Wildman–Crippen MR) is 66.5 cm³/mol.